The minimum atomic E-state index is -1.17. The zero-order chi connectivity index (χ0) is 49.4. The predicted molar refractivity (Wildman–Crippen MR) is 267 cm³/mol. The van der Waals surface area contributed by atoms with E-state index in [2.05, 4.69) is 75.3 Å². The average molecular weight is 980 g/mol. The molecule has 3 aliphatic heterocycles. The van der Waals surface area contributed by atoms with E-state index < -0.39 is 41.4 Å². The first kappa shape index (κ1) is 49.7. The number of hydrazine groups is 1. The van der Waals surface area contributed by atoms with Crippen LogP contribution in [0.3, 0.4) is 0 Å². The molecule has 4 aliphatic rings. The molecule has 6 bridgehead atoms. The molecule has 2 saturated heterocycles. The van der Waals surface area contributed by atoms with Crippen molar-refractivity contribution >= 4 is 45.7 Å². The van der Waals surface area contributed by atoms with Crippen molar-refractivity contribution in [3.05, 3.63) is 70.5 Å². The molecule has 0 spiro atoms. The molecule has 9 rings (SSSR count). The Hall–Kier alpha value is -5.24. The zero-order valence-electron chi connectivity index (χ0n) is 42.0. The number of aromatic nitrogens is 4. The van der Waals surface area contributed by atoms with Gasteiger partial charge in [-0.3, -0.25) is 24.4 Å². The number of methoxy groups -OCH3 is 1. The summed E-state index contributed by atoms with van der Waals surface area (Å²) >= 11 is 1.39. The number of hydrogen-bond acceptors (Lipinski definition) is 15. The second-order valence-corrected chi connectivity index (χ2v) is 21.3. The van der Waals surface area contributed by atoms with Gasteiger partial charge in [-0.05, 0) is 83.7 Å². The van der Waals surface area contributed by atoms with Crippen LogP contribution in [0.5, 0.6) is 0 Å². The van der Waals surface area contributed by atoms with Gasteiger partial charge in [-0.15, -0.1) is 11.3 Å². The molecule has 7 atom stereocenters. The topological polar surface area (TPSA) is 179 Å². The van der Waals surface area contributed by atoms with Crippen molar-refractivity contribution in [3.8, 4) is 22.5 Å². The largest absolute Gasteiger partial charge is 0.464 e. The lowest BCUT2D eigenvalue weighted by molar-refractivity contribution is -0.156. The zero-order valence-corrected chi connectivity index (χ0v) is 42.8. The molecule has 2 amide bonds. The number of ether oxygens (including phenoxy) is 4. The minimum Gasteiger partial charge on any atom is -0.464 e. The van der Waals surface area contributed by atoms with Crippen molar-refractivity contribution < 1.29 is 37.7 Å². The fourth-order valence-corrected chi connectivity index (χ4v) is 11.4. The van der Waals surface area contributed by atoms with Gasteiger partial charge in [-0.2, -0.15) is 0 Å². The molecule has 70 heavy (non-hydrogen) atoms. The highest BCUT2D eigenvalue weighted by molar-refractivity contribution is 7.10. The summed E-state index contributed by atoms with van der Waals surface area (Å²) in [5.41, 5.74) is 10.9. The normalized spacial score (nSPS) is 24.7. The molecular formula is C52H69N9O8S. The highest BCUT2D eigenvalue weighted by Crippen LogP contribution is 2.53. The van der Waals surface area contributed by atoms with E-state index in [0.29, 0.717) is 55.4 Å². The summed E-state index contributed by atoms with van der Waals surface area (Å²) in [5, 5.41) is 8.11. The summed E-state index contributed by atoms with van der Waals surface area (Å²) in [7, 11) is 3.87. The molecule has 3 fully saturated rings. The van der Waals surface area contributed by atoms with Crippen LogP contribution >= 0.6 is 11.3 Å². The molecule has 7 heterocycles. The number of piperazine rings is 1. The van der Waals surface area contributed by atoms with E-state index >= 15 is 0 Å². The van der Waals surface area contributed by atoms with Gasteiger partial charge in [0.15, 0.2) is 6.39 Å². The number of benzene rings is 1. The monoisotopic (exact) mass is 979 g/mol. The molecule has 1 aromatic carbocycles. The Balaban J connectivity index is 1.20. The predicted octanol–water partition coefficient (Wildman–Crippen LogP) is 6.93. The fourth-order valence-electron chi connectivity index (χ4n) is 10.5. The van der Waals surface area contributed by atoms with Gasteiger partial charge in [0.2, 0.25) is 5.91 Å². The number of anilines is 1. The van der Waals surface area contributed by atoms with Crippen LogP contribution in [0.4, 0.5) is 5.69 Å². The Morgan fingerprint density at radius 3 is 2.61 bits per heavy atom. The number of hydrogen-bond donors (Lipinski definition) is 2. The second-order valence-electron chi connectivity index (χ2n) is 20.4. The minimum absolute atomic E-state index is 0.0158. The maximum atomic E-state index is 14.9. The highest BCUT2D eigenvalue weighted by atomic mass is 32.1. The number of likely N-dealkylation sites (N-methyl/N-ethyl adjacent to an activating group) is 1. The average Bonchev–Trinajstić information content (AvgIpc) is 3.78. The van der Waals surface area contributed by atoms with E-state index in [1.54, 1.807) is 13.4 Å². The van der Waals surface area contributed by atoms with Crippen molar-refractivity contribution in [2.75, 3.05) is 71.6 Å². The van der Waals surface area contributed by atoms with Gasteiger partial charge in [0.1, 0.15) is 29.5 Å². The third-order valence-corrected chi connectivity index (χ3v) is 15.4. The fraction of sp³-hybridized carbons (Fsp3) is 0.577. The van der Waals surface area contributed by atoms with Crippen LogP contribution in [0.1, 0.15) is 101 Å². The summed E-state index contributed by atoms with van der Waals surface area (Å²) in [5.74, 6) is -1.75. The van der Waals surface area contributed by atoms with E-state index in [1.165, 1.54) is 22.7 Å². The first-order chi connectivity index (χ1) is 33.7. The Labute approximate surface area is 414 Å². The molecule has 0 unspecified atom stereocenters. The second kappa shape index (κ2) is 20.8. The molecular weight excluding hydrogens is 911 g/mol. The lowest BCUT2D eigenvalue weighted by Crippen LogP contribution is -2.61. The van der Waals surface area contributed by atoms with Gasteiger partial charge >= 0.3 is 5.97 Å². The molecule has 18 heteroatoms. The number of cyclic esters (lactones) is 1. The highest BCUT2D eigenvalue weighted by Gasteiger charge is 2.55. The Morgan fingerprint density at radius 1 is 1.09 bits per heavy atom. The number of nitrogens with zero attached hydrogens (tertiary/aromatic N) is 7. The van der Waals surface area contributed by atoms with Crippen molar-refractivity contribution in [1.82, 2.24) is 40.2 Å². The molecule has 5 aromatic rings. The van der Waals surface area contributed by atoms with E-state index in [0.717, 1.165) is 70.8 Å². The smallest absolute Gasteiger partial charge is 0.324 e. The van der Waals surface area contributed by atoms with Crippen LogP contribution in [0.2, 0.25) is 0 Å². The van der Waals surface area contributed by atoms with Crippen LogP contribution in [0.15, 0.2) is 52.9 Å². The molecule has 1 aliphatic carbocycles. The third-order valence-electron chi connectivity index (χ3n) is 14.4. The molecule has 2 N–H and O–H groups in total. The Bertz CT molecular complexity index is 2660. The Morgan fingerprint density at radius 2 is 1.89 bits per heavy atom. The number of amides is 2. The van der Waals surface area contributed by atoms with Crippen molar-refractivity contribution in [1.29, 1.82) is 0 Å². The number of fused-ring (bicyclic) bond motifs is 6. The summed E-state index contributed by atoms with van der Waals surface area (Å²) in [6, 6.07) is 6.77. The maximum Gasteiger partial charge on any atom is 0.324 e. The first-order valence-corrected chi connectivity index (χ1v) is 25.8. The number of oxazole rings is 1. The number of thiazole rings is 1. The standard InChI is InChI=1S/C52H69N9O8S/c1-10-67-47-45(56-48(62)43-31(4)42(43)39-26-66-29-54-39)50(63)61-15-11-12-38(57-61)51(64)69-28-52(6,7)24-37-35-22-33(40-27-70-49(47)55-40)13-14-41(35)60(20-21-68-30(2)3)46(37)36-23-34(25-53-44(36)32(5)65-9)59-18-16-58(8)17-19-59/h13-14,22-23,25-27,29-32,38,42-43,45,47,57H,10-12,15-21,24,28H2,1-9H3,(H,56,62)/t31-,32-,38-,42-,43+,45-,47-/m0/s1. The molecule has 1 saturated carbocycles. The Kier molecular flexibility index (Phi) is 14.8. The summed E-state index contributed by atoms with van der Waals surface area (Å²) in [6.07, 6.45) is 5.25. The maximum absolute atomic E-state index is 14.9. The number of pyridine rings is 1. The van der Waals surface area contributed by atoms with Gasteiger partial charge in [0.05, 0.1) is 60.1 Å². The van der Waals surface area contributed by atoms with Gasteiger partial charge in [0, 0.05) is 97.6 Å². The first-order valence-electron chi connectivity index (χ1n) is 24.9. The number of carbonyl (C=O) groups is 3. The third kappa shape index (κ3) is 10.3. The lowest BCUT2D eigenvalue weighted by atomic mass is 9.84. The van der Waals surface area contributed by atoms with Crippen molar-refractivity contribution in [2.24, 2.45) is 17.3 Å². The van der Waals surface area contributed by atoms with Crippen LogP contribution in [-0.4, -0.2) is 132 Å². The quantitative estimate of drug-likeness (QED) is 0.116. The van der Waals surface area contributed by atoms with Crippen molar-refractivity contribution in [2.45, 2.75) is 111 Å². The molecule has 376 valence electrons. The van der Waals surface area contributed by atoms with Gasteiger partial charge < -0.3 is 43.0 Å². The molecule has 17 nitrogen and oxygen atoms in total. The van der Waals surface area contributed by atoms with Crippen molar-refractivity contribution in [3.63, 3.8) is 0 Å². The lowest BCUT2D eigenvalue weighted by Gasteiger charge is -2.37. The number of carbonyl (C=O) groups excluding carboxylic acids is 3. The number of nitrogens with one attached hydrogen (secondary N) is 2. The summed E-state index contributed by atoms with van der Waals surface area (Å²) in [4.78, 5) is 62.8. The molecule has 0 radical (unpaired) electrons. The van der Waals surface area contributed by atoms with E-state index in [4.69, 9.17) is 33.3 Å². The van der Waals surface area contributed by atoms with Crippen LogP contribution < -0.4 is 15.6 Å². The summed E-state index contributed by atoms with van der Waals surface area (Å²) < 4.78 is 32.6. The van der Waals surface area contributed by atoms with E-state index in [1.807, 2.05) is 46.2 Å². The number of rotatable bonds is 13. The van der Waals surface area contributed by atoms with Gasteiger partial charge in [0.25, 0.3) is 5.91 Å². The summed E-state index contributed by atoms with van der Waals surface area (Å²) in [6.45, 7) is 19.6. The van der Waals surface area contributed by atoms with Gasteiger partial charge in [-0.25, -0.2) is 15.4 Å². The van der Waals surface area contributed by atoms with Crippen LogP contribution in [-0.2, 0) is 46.3 Å². The number of esters is 1. The van der Waals surface area contributed by atoms with E-state index in [-0.39, 0.29) is 43.2 Å². The molecule has 4 aromatic heterocycles. The van der Waals surface area contributed by atoms with Crippen LogP contribution in [0.25, 0.3) is 33.4 Å². The SMILES string of the molecule is CCO[C@@H]1c2nc(cs2)-c2ccc3c(c2)c(c(-c2cc(N4CCN(C)CC4)cnc2[C@H](C)OC)n3CCOC(C)C)CC(C)(C)COC(=O)[C@@H]2CCCN(N2)C(=O)[C@H]1NC(=O)[C@@H]1[C@@H](C)[C@H]1c1cocn1. The van der Waals surface area contributed by atoms with Gasteiger partial charge in [-0.1, -0.05) is 26.8 Å². The van der Waals surface area contributed by atoms with Crippen LogP contribution in [0, 0.1) is 17.3 Å². The van der Waals surface area contributed by atoms with E-state index in [9.17, 15) is 14.4 Å².